The molecule has 0 bridgehead atoms. The zero-order valence-corrected chi connectivity index (χ0v) is 7.97. The van der Waals surface area contributed by atoms with Crippen LogP contribution in [0.2, 0.25) is 0 Å². The number of anilines is 1. The minimum absolute atomic E-state index is 0.0567. The molecule has 1 rings (SSSR count). The number of aliphatic hydroxyl groups is 1. The van der Waals surface area contributed by atoms with Crippen molar-refractivity contribution in [2.45, 2.75) is 6.42 Å². The summed E-state index contributed by atoms with van der Waals surface area (Å²) < 4.78 is 0. The minimum atomic E-state index is -0.228. The standard InChI is InChI=1S/C10H13NO3/c1-11(10(14)6-7-12)8-4-2-3-5-9(8)13/h2-5,12-13H,6-7H2,1H3. The van der Waals surface area contributed by atoms with E-state index in [1.54, 1.807) is 25.2 Å². The molecule has 0 aliphatic carbocycles. The fourth-order valence-corrected chi connectivity index (χ4v) is 1.15. The highest BCUT2D eigenvalue weighted by Gasteiger charge is 2.12. The fourth-order valence-electron chi connectivity index (χ4n) is 1.15. The number of para-hydroxylation sites is 2. The summed E-state index contributed by atoms with van der Waals surface area (Å²) >= 11 is 0. The van der Waals surface area contributed by atoms with E-state index in [0.29, 0.717) is 5.69 Å². The number of amides is 1. The molecule has 4 nitrogen and oxygen atoms in total. The lowest BCUT2D eigenvalue weighted by Crippen LogP contribution is -2.26. The Morgan fingerprint density at radius 3 is 2.64 bits per heavy atom. The van der Waals surface area contributed by atoms with Gasteiger partial charge in [-0.2, -0.15) is 0 Å². The van der Waals surface area contributed by atoms with Gasteiger partial charge in [-0.25, -0.2) is 0 Å². The van der Waals surface area contributed by atoms with Crippen LogP contribution in [0.15, 0.2) is 24.3 Å². The first kappa shape index (κ1) is 10.5. The van der Waals surface area contributed by atoms with Gasteiger partial charge in [-0.05, 0) is 12.1 Å². The summed E-state index contributed by atoms with van der Waals surface area (Å²) in [5, 5.41) is 18.0. The minimum Gasteiger partial charge on any atom is -0.506 e. The Bertz CT molecular complexity index is 325. The number of hydrogen-bond donors (Lipinski definition) is 2. The molecule has 0 spiro atoms. The maximum atomic E-state index is 11.4. The molecule has 0 atom stereocenters. The van der Waals surface area contributed by atoms with Crippen LogP contribution in [0.5, 0.6) is 5.75 Å². The van der Waals surface area contributed by atoms with E-state index < -0.39 is 0 Å². The number of aromatic hydroxyl groups is 1. The van der Waals surface area contributed by atoms with Gasteiger partial charge in [0.05, 0.1) is 18.7 Å². The largest absolute Gasteiger partial charge is 0.506 e. The number of hydrogen-bond acceptors (Lipinski definition) is 3. The number of rotatable bonds is 3. The van der Waals surface area contributed by atoms with Gasteiger partial charge in [0.2, 0.25) is 5.91 Å². The molecule has 0 saturated carbocycles. The second-order valence-electron chi connectivity index (χ2n) is 2.92. The molecule has 0 fully saturated rings. The first-order valence-corrected chi connectivity index (χ1v) is 4.32. The van der Waals surface area contributed by atoms with Crippen molar-refractivity contribution in [3.63, 3.8) is 0 Å². The predicted octanol–water partition coefficient (Wildman–Crippen LogP) is 0.737. The highest BCUT2D eigenvalue weighted by Crippen LogP contribution is 2.25. The Balaban J connectivity index is 2.84. The molecule has 0 unspecified atom stereocenters. The molecule has 0 radical (unpaired) electrons. The Hall–Kier alpha value is -1.55. The first-order valence-electron chi connectivity index (χ1n) is 4.32. The summed E-state index contributed by atoms with van der Waals surface area (Å²) in [6.45, 7) is -0.184. The van der Waals surface area contributed by atoms with E-state index in [0.717, 1.165) is 0 Å². The Labute approximate surface area is 82.4 Å². The third-order valence-corrected chi connectivity index (χ3v) is 1.94. The molecule has 1 aromatic carbocycles. The van der Waals surface area contributed by atoms with Gasteiger partial charge in [0.25, 0.3) is 0 Å². The molecule has 0 saturated heterocycles. The molecule has 0 aliphatic rings. The van der Waals surface area contributed by atoms with Gasteiger partial charge in [0, 0.05) is 7.05 Å². The summed E-state index contributed by atoms with van der Waals surface area (Å²) in [6, 6.07) is 6.57. The zero-order valence-electron chi connectivity index (χ0n) is 7.97. The van der Waals surface area contributed by atoms with Gasteiger partial charge in [0.1, 0.15) is 5.75 Å². The second-order valence-corrected chi connectivity index (χ2v) is 2.92. The van der Waals surface area contributed by atoms with Gasteiger partial charge < -0.3 is 15.1 Å². The zero-order chi connectivity index (χ0) is 10.6. The van der Waals surface area contributed by atoms with E-state index in [9.17, 15) is 9.90 Å². The number of nitrogens with zero attached hydrogens (tertiary/aromatic N) is 1. The molecule has 14 heavy (non-hydrogen) atoms. The lowest BCUT2D eigenvalue weighted by molar-refractivity contribution is -0.118. The van der Waals surface area contributed by atoms with Crippen molar-refractivity contribution in [1.82, 2.24) is 0 Å². The van der Waals surface area contributed by atoms with E-state index in [2.05, 4.69) is 0 Å². The average molecular weight is 195 g/mol. The summed E-state index contributed by atoms with van der Waals surface area (Å²) in [6.07, 6.45) is 0.0604. The van der Waals surface area contributed by atoms with Gasteiger partial charge in [-0.3, -0.25) is 4.79 Å². The van der Waals surface area contributed by atoms with Crippen molar-refractivity contribution in [2.24, 2.45) is 0 Å². The maximum absolute atomic E-state index is 11.4. The number of carbonyl (C=O) groups excluding carboxylic acids is 1. The van der Waals surface area contributed by atoms with Crippen LogP contribution in [0, 0.1) is 0 Å². The predicted molar refractivity (Wildman–Crippen MR) is 53.2 cm³/mol. The lowest BCUT2D eigenvalue weighted by Gasteiger charge is -2.17. The van der Waals surface area contributed by atoms with Gasteiger partial charge in [0.15, 0.2) is 0 Å². The summed E-state index contributed by atoms with van der Waals surface area (Å²) in [7, 11) is 1.56. The van der Waals surface area contributed by atoms with Crippen molar-refractivity contribution in [2.75, 3.05) is 18.6 Å². The Kier molecular flexibility index (Phi) is 3.48. The average Bonchev–Trinajstić information content (AvgIpc) is 2.18. The molecule has 76 valence electrons. The summed E-state index contributed by atoms with van der Waals surface area (Å²) in [5.41, 5.74) is 0.450. The first-order chi connectivity index (χ1) is 6.66. The lowest BCUT2D eigenvalue weighted by atomic mass is 10.2. The van der Waals surface area contributed by atoms with Crippen LogP contribution in [0.25, 0.3) is 0 Å². The summed E-state index contributed by atoms with van der Waals surface area (Å²) in [5.74, 6) is -0.171. The molecule has 0 aromatic heterocycles. The number of phenolic OH excluding ortho intramolecular Hbond substituents is 1. The number of carbonyl (C=O) groups is 1. The third-order valence-electron chi connectivity index (χ3n) is 1.94. The molecular weight excluding hydrogens is 182 g/mol. The smallest absolute Gasteiger partial charge is 0.229 e. The molecule has 2 N–H and O–H groups in total. The third kappa shape index (κ3) is 2.23. The van der Waals surface area contributed by atoms with E-state index in [4.69, 9.17) is 5.11 Å². The molecule has 1 amide bonds. The summed E-state index contributed by atoms with van der Waals surface area (Å²) in [4.78, 5) is 12.7. The monoisotopic (exact) mass is 195 g/mol. The molecule has 0 heterocycles. The fraction of sp³-hybridized carbons (Fsp3) is 0.300. The topological polar surface area (TPSA) is 60.8 Å². The quantitative estimate of drug-likeness (QED) is 0.747. The highest BCUT2D eigenvalue weighted by atomic mass is 16.3. The van der Waals surface area contributed by atoms with E-state index >= 15 is 0 Å². The van der Waals surface area contributed by atoms with Crippen LogP contribution in [0.4, 0.5) is 5.69 Å². The van der Waals surface area contributed by atoms with Crippen molar-refractivity contribution in [3.05, 3.63) is 24.3 Å². The van der Waals surface area contributed by atoms with Crippen molar-refractivity contribution in [1.29, 1.82) is 0 Å². The number of benzene rings is 1. The van der Waals surface area contributed by atoms with Crippen molar-refractivity contribution >= 4 is 11.6 Å². The van der Waals surface area contributed by atoms with Crippen molar-refractivity contribution < 1.29 is 15.0 Å². The Morgan fingerprint density at radius 1 is 1.43 bits per heavy atom. The normalized spacial score (nSPS) is 9.86. The molecular formula is C10H13NO3. The van der Waals surface area contributed by atoms with E-state index in [1.165, 1.54) is 11.0 Å². The molecule has 1 aromatic rings. The number of aliphatic hydroxyl groups excluding tert-OH is 1. The molecule has 0 aliphatic heterocycles. The SMILES string of the molecule is CN(C(=O)CCO)c1ccccc1O. The highest BCUT2D eigenvalue weighted by molar-refractivity contribution is 5.94. The Morgan fingerprint density at radius 2 is 2.07 bits per heavy atom. The number of phenols is 1. The van der Waals surface area contributed by atoms with E-state index in [1.807, 2.05) is 0 Å². The van der Waals surface area contributed by atoms with Crippen LogP contribution >= 0.6 is 0 Å². The van der Waals surface area contributed by atoms with Gasteiger partial charge in [-0.1, -0.05) is 12.1 Å². The van der Waals surface area contributed by atoms with Crippen LogP contribution in [-0.2, 0) is 4.79 Å². The van der Waals surface area contributed by atoms with Gasteiger partial charge >= 0.3 is 0 Å². The van der Waals surface area contributed by atoms with Crippen LogP contribution in [0.1, 0.15) is 6.42 Å². The molecule has 4 heteroatoms. The van der Waals surface area contributed by atoms with Crippen molar-refractivity contribution in [3.8, 4) is 5.75 Å². The second kappa shape index (κ2) is 4.62. The maximum Gasteiger partial charge on any atom is 0.229 e. The van der Waals surface area contributed by atoms with Crippen LogP contribution < -0.4 is 4.90 Å². The van der Waals surface area contributed by atoms with Crippen LogP contribution in [-0.4, -0.2) is 29.8 Å². The van der Waals surface area contributed by atoms with Crippen LogP contribution in [0.3, 0.4) is 0 Å². The van der Waals surface area contributed by atoms with Gasteiger partial charge in [-0.15, -0.1) is 0 Å². The van der Waals surface area contributed by atoms with E-state index in [-0.39, 0.29) is 24.7 Å².